The molecule has 0 aliphatic carbocycles. The molecule has 4 nitrogen and oxygen atoms in total. The Morgan fingerprint density at radius 2 is 2.11 bits per heavy atom. The number of piperazine rings is 1. The molecule has 0 saturated carbocycles. The quantitative estimate of drug-likeness (QED) is 0.697. The number of nitrogens with zero attached hydrogens (tertiary/aromatic N) is 1. The van der Waals surface area contributed by atoms with Crippen molar-refractivity contribution in [1.29, 1.82) is 0 Å². The zero-order chi connectivity index (χ0) is 19.9. The molecule has 1 fully saturated rings. The molecule has 5 heteroatoms. The van der Waals surface area contributed by atoms with Crippen molar-refractivity contribution < 1.29 is 9.47 Å². The Labute approximate surface area is 173 Å². The van der Waals surface area contributed by atoms with Crippen LogP contribution in [-0.2, 0) is 0 Å². The van der Waals surface area contributed by atoms with Gasteiger partial charge >= 0.3 is 0 Å². The molecule has 3 rings (SSSR count). The predicted molar refractivity (Wildman–Crippen MR) is 116 cm³/mol. The molecule has 1 aliphatic heterocycles. The highest BCUT2D eigenvalue weighted by atomic mass is 35.5. The summed E-state index contributed by atoms with van der Waals surface area (Å²) in [5.41, 5.74) is 2.30. The number of halogens is 1. The van der Waals surface area contributed by atoms with E-state index in [2.05, 4.69) is 35.3 Å². The largest absolute Gasteiger partial charge is 0.493 e. The summed E-state index contributed by atoms with van der Waals surface area (Å²) >= 11 is 6.24. The van der Waals surface area contributed by atoms with Gasteiger partial charge in [-0.15, -0.1) is 0 Å². The zero-order valence-electron chi connectivity index (χ0n) is 16.8. The van der Waals surface area contributed by atoms with E-state index in [4.69, 9.17) is 21.1 Å². The van der Waals surface area contributed by atoms with Crippen LogP contribution in [0.2, 0.25) is 5.02 Å². The normalized spacial score (nSPS) is 18.9. The number of methoxy groups -OCH3 is 1. The molecule has 28 heavy (non-hydrogen) atoms. The summed E-state index contributed by atoms with van der Waals surface area (Å²) in [5, 5.41) is 4.26. The van der Waals surface area contributed by atoms with Gasteiger partial charge in [0, 0.05) is 24.7 Å². The first-order valence-corrected chi connectivity index (χ1v) is 10.2. The zero-order valence-corrected chi connectivity index (χ0v) is 17.6. The Morgan fingerprint density at radius 1 is 1.25 bits per heavy atom. The van der Waals surface area contributed by atoms with E-state index in [1.807, 2.05) is 43.3 Å². The minimum atomic E-state index is -0.0486. The van der Waals surface area contributed by atoms with Crippen molar-refractivity contribution in [3.05, 3.63) is 64.7 Å². The maximum Gasteiger partial charge on any atom is 0.163 e. The van der Waals surface area contributed by atoms with E-state index in [1.54, 1.807) is 7.11 Å². The average Bonchev–Trinajstić information content (AvgIpc) is 2.73. The summed E-state index contributed by atoms with van der Waals surface area (Å²) in [6.07, 6.45) is 4.89. The van der Waals surface area contributed by atoms with Crippen LogP contribution in [0, 0.1) is 0 Å². The van der Waals surface area contributed by atoms with Crippen LogP contribution in [0.25, 0.3) is 6.08 Å². The van der Waals surface area contributed by atoms with Gasteiger partial charge in [-0.1, -0.05) is 48.9 Å². The van der Waals surface area contributed by atoms with Crippen LogP contribution >= 0.6 is 11.6 Å². The lowest BCUT2D eigenvalue weighted by atomic mass is 10.0. The molecular formula is C23H29ClN2O2. The van der Waals surface area contributed by atoms with Gasteiger partial charge in [0.05, 0.1) is 13.2 Å². The van der Waals surface area contributed by atoms with Crippen LogP contribution in [0.3, 0.4) is 0 Å². The van der Waals surface area contributed by atoms with Crippen molar-refractivity contribution in [1.82, 2.24) is 10.2 Å². The molecule has 0 amide bonds. The summed E-state index contributed by atoms with van der Waals surface area (Å²) < 4.78 is 12.0. The Bertz CT molecular complexity index is 809. The van der Waals surface area contributed by atoms with Crippen molar-refractivity contribution in [2.45, 2.75) is 32.5 Å². The summed E-state index contributed by atoms with van der Waals surface area (Å²) in [6, 6.07) is 14.4. The van der Waals surface area contributed by atoms with Gasteiger partial charge < -0.3 is 14.8 Å². The van der Waals surface area contributed by atoms with Gasteiger partial charge in [-0.2, -0.15) is 0 Å². The molecule has 2 unspecified atom stereocenters. The molecule has 1 aliphatic rings. The number of hydrogen-bond acceptors (Lipinski definition) is 4. The second-order valence-corrected chi connectivity index (χ2v) is 7.34. The number of benzene rings is 2. The average molecular weight is 401 g/mol. The first kappa shape index (κ1) is 20.7. The van der Waals surface area contributed by atoms with Crippen molar-refractivity contribution in [3.8, 4) is 11.5 Å². The predicted octanol–water partition coefficient (Wildman–Crippen LogP) is 5.14. The van der Waals surface area contributed by atoms with Gasteiger partial charge in [0.2, 0.25) is 0 Å². The third kappa shape index (κ3) is 4.88. The Morgan fingerprint density at radius 3 is 2.82 bits per heavy atom. The third-order valence-corrected chi connectivity index (χ3v) is 5.28. The van der Waals surface area contributed by atoms with Gasteiger partial charge in [-0.25, -0.2) is 0 Å². The van der Waals surface area contributed by atoms with E-state index < -0.39 is 0 Å². The Kier molecular flexibility index (Phi) is 7.37. The van der Waals surface area contributed by atoms with E-state index in [9.17, 15) is 0 Å². The fourth-order valence-electron chi connectivity index (χ4n) is 3.70. The maximum absolute atomic E-state index is 6.46. The second kappa shape index (κ2) is 9.97. The standard InChI is InChI=1S/C23H29ClN2O2/c1-4-7-17-10-11-21(22(14-17)27-3)28-23(5-2)26-13-12-25-16-20(26)18-8-6-9-19(24)15-18/h4,6-11,14-15,20,23,25H,5,12-13,16H2,1-3H3/b7-4+. The lowest BCUT2D eigenvalue weighted by Crippen LogP contribution is -2.52. The maximum atomic E-state index is 6.46. The molecule has 2 aromatic carbocycles. The summed E-state index contributed by atoms with van der Waals surface area (Å²) in [5.74, 6) is 1.52. The van der Waals surface area contributed by atoms with Crippen LogP contribution in [0.1, 0.15) is 37.4 Å². The number of nitrogens with one attached hydrogen (secondary N) is 1. The van der Waals surface area contributed by atoms with Crippen LogP contribution in [0.4, 0.5) is 0 Å². The molecule has 150 valence electrons. The minimum absolute atomic E-state index is 0.0486. The fraction of sp³-hybridized carbons (Fsp3) is 0.391. The molecule has 1 saturated heterocycles. The van der Waals surface area contributed by atoms with Gasteiger partial charge in [-0.05, 0) is 48.7 Å². The Hall–Kier alpha value is -2.01. The van der Waals surface area contributed by atoms with Gasteiger partial charge in [0.15, 0.2) is 17.7 Å². The molecule has 0 spiro atoms. The lowest BCUT2D eigenvalue weighted by Gasteiger charge is -2.41. The van der Waals surface area contributed by atoms with Crippen LogP contribution in [-0.4, -0.2) is 37.9 Å². The number of rotatable bonds is 7. The van der Waals surface area contributed by atoms with Crippen molar-refractivity contribution in [2.24, 2.45) is 0 Å². The molecule has 2 atom stereocenters. The second-order valence-electron chi connectivity index (χ2n) is 6.90. The van der Waals surface area contributed by atoms with Gasteiger partial charge in [0.25, 0.3) is 0 Å². The smallest absolute Gasteiger partial charge is 0.163 e. The molecule has 1 N–H and O–H groups in total. The fourth-order valence-corrected chi connectivity index (χ4v) is 3.90. The van der Waals surface area contributed by atoms with E-state index >= 15 is 0 Å². The lowest BCUT2D eigenvalue weighted by molar-refractivity contribution is -0.0214. The van der Waals surface area contributed by atoms with E-state index in [1.165, 1.54) is 5.56 Å². The van der Waals surface area contributed by atoms with E-state index in [-0.39, 0.29) is 12.3 Å². The van der Waals surface area contributed by atoms with Crippen LogP contribution in [0.15, 0.2) is 48.5 Å². The van der Waals surface area contributed by atoms with Crippen LogP contribution in [0.5, 0.6) is 11.5 Å². The molecular weight excluding hydrogens is 372 g/mol. The van der Waals surface area contributed by atoms with Gasteiger partial charge in [-0.3, -0.25) is 4.90 Å². The molecule has 2 aromatic rings. The summed E-state index contributed by atoms with van der Waals surface area (Å²) in [7, 11) is 1.68. The Balaban J connectivity index is 1.85. The molecule has 0 radical (unpaired) electrons. The highest BCUT2D eigenvalue weighted by Gasteiger charge is 2.31. The minimum Gasteiger partial charge on any atom is -0.493 e. The third-order valence-electron chi connectivity index (χ3n) is 5.05. The first-order chi connectivity index (χ1) is 13.7. The summed E-state index contributed by atoms with van der Waals surface area (Å²) in [4.78, 5) is 2.42. The number of allylic oxidation sites excluding steroid dienone is 1. The monoisotopic (exact) mass is 400 g/mol. The van der Waals surface area contributed by atoms with Crippen molar-refractivity contribution >= 4 is 17.7 Å². The molecule has 0 aromatic heterocycles. The van der Waals surface area contributed by atoms with E-state index in [0.29, 0.717) is 0 Å². The topological polar surface area (TPSA) is 33.7 Å². The first-order valence-electron chi connectivity index (χ1n) is 9.85. The van der Waals surface area contributed by atoms with Crippen molar-refractivity contribution in [2.75, 3.05) is 26.7 Å². The molecule has 0 bridgehead atoms. The van der Waals surface area contributed by atoms with E-state index in [0.717, 1.165) is 48.1 Å². The SMILES string of the molecule is C/C=C/c1ccc(OC(CC)N2CCNCC2c2cccc(Cl)c2)c(OC)c1. The summed E-state index contributed by atoms with van der Waals surface area (Å²) in [6.45, 7) is 6.88. The number of hydrogen-bond donors (Lipinski definition) is 1. The van der Waals surface area contributed by atoms with Crippen LogP contribution < -0.4 is 14.8 Å². The highest BCUT2D eigenvalue weighted by Crippen LogP contribution is 2.33. The van der Waals surface area contributed by atoms with Gasteiger partial charge in [0.1, 0.15) is 0 Å². The van der Waals surface area contributed by atoms with Crippen molar-refractivity contribution in [3.63, 3.8) is 0 Å². The molecule has 1 heterocycles. The highest BCUT2D eigenvalue weighted by molar-refractivity contribution is 6.30. The number of ether oxygens (including phenoxy) is 2.